The fourth-order valence-corrected chi connectivity index (χ4v) is 7.43. The normalized spacial score (nSPS) is 10.9. The van der Waals surface area contributed by atoms with Crippen LogP contribution in [0.3, 0.4) is 0 Å². The smallest absolute Gasteiger partial charge is 0.138 e. The SMILES string of the molecule is Oc1ccc(-c2ccc(N(c3ccc(-c4ccc(O)cc4)cc3)c3ccc(-c4ccc(O)cc4Oc4ccc(N(c5ccc(O)cc5)c5ccc(O)cc5)cc4)cc3)cc2)cc1. The van der Waals surface area contributed by atoms with E-state index >= 15 is 0 Å². The molecule has 0 amide bonds. The molecular weight excluding hydrogens is 773 g/mol. The van der Waals surface area contributed by atoms with Gasteiger partial charge in [0, 0.05) is 45.8 Å². The summed E-state index contributed by atoms with van der Waals surface area (Å²) >= 11 is 0. The number of phenolic OH excluding ortho intramolecular Hbond substituents is 5. The quantitative estimate of drug-likeness (QED) is 0.0877. The van der Waals surface area contributed by atoms with Crippen LogP contribution >= 0.6 is 0 Å². The van der Waals surface area contributed by atoms with Crippen molar-refractivity contribution >= 4 is 34.1 Å². The Bertz CT molecular complexity index is 2780. The summed E-state index contributed by atoms with van der Waals surface area (Å²) in [5.41, 5.74) is 11.0. The Labute approximate surface area is 358 Å². The van der Waals surface area contributed by atoms with Crippen molar-refractivity contribution in [2.45, 2.75) is 0 Å². The van der Waals surface area contributed by atoms with Gasteiger partial charge >= 0.3 is 0 Å². The molecule has 9 aromatic carbocycles. The molecule has 0 fully saturated rings. The van der Waals surface area contributed by atoms with Gasteiger partial charge in [-0.3, -0.25) is 0 Å². The van der Waals surface area contributed by atoms with Gasteiger partial charge in [0.1, 0.15) is 40.2 Å². The van der Waals surface area contributed by atoms with Crippen molar-refractivity contribution in [3.63, 3.8) is 0 Å². The minimum absolute atomic E-state index is 0.0699. The monoisotopic (exact) mass is 812 g/mol. The van der Waals surface area contributed by atoms with Crippen molar-refractivity contribution in [1.29, 1.82) is 0 Å². The Morgan fingerprint density at radius 1 is 0.258 bits per heavy atom. The summed E-state index contributed by atoms with van der Waals surface area (Å²) in [5, 5.41) is 50.1. The summed E-state index contributed by atoms with van der Waals surface area (Å²) in [7, 11) is 0. The van der Waals surface area contributed by atoms with Crippen LogP contribution in [0.2, 0.25) is 0 Å². The fourth-order valence-electron chi connectivity index (χ4n) is 7.43. The van der Waals surface area contributed by atoms with Crippen LogP contribution < -0.4 is 14.5 Å². The Morgan fingerprint density at radius 3 is 0.871 bits per heavy atom. The number of nitrogens with zero attached hydrogens (tertiary/aromatic N) is 2. The molecule has 8 heteroatoms. The maximum atomic E-state index is 10.6. The first-order chi connectivity index (χ1) is 30.2. The van der Waals surface area contributed by atoms with Gasteiger partial charge in [0.15, 0.2) is 0 Å². The lowest BCUT2D eigenvalue weighted by molar-refractivity contribution is 0.456. The number of rotatable bonds is 11. The molecule has 62 heavy (non-hydrogen) atoms. The van der Waals surface area contributed by atoms with Crippen molar-refractivity contribution in [3.8, 4) is 73.6 Å². The highest BCUT2D eigenvalue weighted by atomic mass is 16.5. The van der Waals surface area contributed by atoms with E-state index in [0.29, 0.717) is 11.5 Å². The zero-order valence-electron chi connectivity index (χ0n) is 33.2. The van der Waals surface area contributed by atoms with Gasteiger partial charge in [0.25, 0.3) is 0 Å². The average Bonchev–Trinajstić information content (AvgIpc) is 3.30. The fraction of sp³-hybridized carbons (Fsp3) is 0. The van der Waals surface area contributed by atoms with Gasteiger partial charge in [-0.1, -0.05) is 60.7 Å². The predicted molar refractivity (Wildman–Crippen MR) is 247 cm³/mol. The Kier molecular flexibility index (Phi) is 10.6. The van der Waals surface area contributed by atoms with Crippen molar-refractivity contribution in [1.82, 2.24) is 0 Å². The zero-order chi connectivity index (χ0) is 42.6. The first-order valence-corrected chi connectivity index (χ1v) is 19.9. The van der Waals surface area contributed by atoms with Gasteiger partial charge in [0.05, 0.1) is 0 Å². The Balaban J connectivity index is 1.02. The summed E-state index contributed by atoms with van der Waals surface area (Å²) in [6.45, 7) is 0. The summed E-state index contributed by atoms with van der Waals surface area (Å²) in [5.74, 6) is 1.87. The molecule has 0 aliphatic heterocycles. The lowest BCUT2D eigenvalue weighted by Gasteiger charge is -2.26. The molecule has 0 saturated carbocycles. The maximum absolute atomic E-state index is 10.6. The van der Waals surface area contributed by atoms with E-state index in [1.54, 1.807) is 60.7 Å². The van der Waals surface area contributed by atoms with Crippen LogP contribution in [0.1, 0.15) is 0 Å². The number of hydrogen-bond acceptors (Lipinski definition) is 8. The highest BCUT2D eigenvalue weighted by Crippen LogP contribution is 2.42. The van der Waals surface area contributed by atoms with Crippen LogP contribution in [0.5, 0.6) is 40.2 Å². The van der Waals surface area contributed by atoms with E-state index in [4.69, 9.17) is 4.74 Å². The van der Waals surface area contributed by atoms with E-state index in [9.17, 15) is 25.5 Å². The van der Waals surface area contributed by atoms with Crippen molar-refractivity contribution < 1.29 is 30.3 Å². The minimum Gasteiger partial charge on any atom is -0.508 e. The number of hydrogen-bond donors (Lipinski definition) is 5. The van der Waals surface area contributed by atoms with E-state index in [0.717, 1.165) is 67.5 Å². The van der Waals surface area contributed by atoms with E-state index in [1.165, 1.54) is 0 Å². The molecule has 8 nitrogen and oxygen atoms in total. The number of benzene rings is 9. The van der Waals surface area contributed by atoms with Crippen molar-refractivity contribution in [2.24, 2.45) is 0 Å². The van der Waals surface area contributed by atoms with Crippen LogP contribution in [-0.2, 0) is 0 Å². The molecule has 0 unspecified atom stereocenters. The first kappa shape index (κ1) is 38.9. The van der Waals surface area contributed by atoms with Gasteiger partial charge < -0.3 is 40.1 Å². The van der Waals surface area contributed by atoms with Crippen molar-refractivity contribution in [3.05, 3.63) is 212 Å². The Morgan fingerprint density at radius 2 is 0.516 bits per heavy atom. The van der Waals surface area contributed by atoms with Crippen LogP contribution in [0, 0.1) is 0 Å². The van der Waals surface area contributed by atoms with Gasteiger partial charge in [-0.2, -0.15) is 0 Å². The average molecular weight is 813 g/mol. The summed E-state index contributed by atoms with van der Waals surface area (Å²) in [6, 6.07) is 65.5. The second-order valence-electron chi connectivity index (χ2n) is 14.7. The standard InChI is InChI=1S/C54H40N2O6/c57-47-23-7-38(8-24-47)36-1-11-41(12-2-36)55(42-13-3-37(4-14-42)39-9-25-48(58)26-10-39)43-15-5-40(6-16-43)53-34-31-51(61)35-54(53)62-52-32-21-46(22-33-52)56(44-17-27-49(59)28-18-44)45-19-29-50(60)30-20-45/h1-35,57-61H. The largest absolute Gasteiger partial charge is 0.508 e. The number of phenols is 5. The van der Waals surface area contributed by atoms with Gasteiger partial charge in [-0.15, -0.1) is 0 Å². The molecule has 0 heterocycles. The van der Waals surface area contributed by atoms with Crippen molar-refractivity contribution in [2.75, 3.05) is 9.80 Å². The molecular formula is C54H40N2O6. The highest BCUT2D eigenvalue weighted by molar-refractivity contribution is 5.82. The number of aromatic hydroxyl groups is 5. The lowest BCUT2D eigenvalue weighted by Crippen LogP contribution is -2.09. The number of anilines is 6. The molecule has 0 bridgehead atoms. The summed E-state index contributed by atoms with van der Waals surface area (Å²) < 4.78 is 6.46. The van der Waals surface area contributed by atoms with E-state index in [1.807, 2.05) is 95.9 Å². The molecule has 9 aromatic rings. The third kappa shape index (κ3) is 8.43. The van der Waals surface area contributed by atoms with Crippen LogP contribution in [0.4, 0.5) is 34.1 Å². The highest BCUT2D eigenvalue weighted by Gasteiger charge is 2.17. The van der Waals surface area contributed by atoms with Gasteiger partial charge in [-0.25, -0.2) is 0 Å². The third-order valence-electron chi connectivity index (χ3n) is 10.6. The first-order valence-electron chi connectivity index (χ1n) is 19.9. The number of ether oxygens (including phenoxy) is 1. The van der Waals surface area contributed by atoms with E-state index in [2.05, 4.69) is 65.6 Å². The van der Waals surface area contributed by atoms with Gasteiger partial charge in [-0.05, 0) is 173 Å². The maximum Gasteiger partial charge on any atom is 0.138 e. The third-order valence-corrected chi connectivity index (χ3v) is 10.6. The molecule has 0 aliphatic carbocycles. The van der Waals surface area contributed by atoms with Crippen LogP contribution in [-0.4, -0.2) is 25.5 Å². The van der Waals surface area contributed by atoms with E-state index < -0.39 is 0 Å². The molecule has 0 radical (unpaired) electrons. The minimum atomic E-state index is 0.0699. The van der Waals surface area contributed by atoms with E-state index in [-0.39, 0.29) is 28.7 Å². The lowest BCUT2D eigenvalue weighted by atomic mass is 10.0. The Hall–Kier alpha value is -8.62. The second kappa shape index (κ2) is 16.9. The predicted octanol–water partition coefficient (Wildman–Crippen LogP) is 13.9. The summed E-state index contributed by atoms with van der Waals surface area (Å²) in [4.78, 5) is 4.18. The molecule has 0 saturated heterocycles. The molecule has 0 aromatic heterocycles. The van der Waals surface area contributed by atoms with Crippen LogP contribution in [0.25, 0.3) is 33.4 Å². The van der Waals surface area contributed by atoms with Crippen LogP contribution in [0.15, 0.2) is 212 Å². The molecule has 0 spiro atoms. The summed E-state index contributed by atoms with van der Waals surface area (Å²) in [6.07, 6.45) is 0. The van der Waals surface area contributed by atoms with Gasteiger partial charge in [0.2, 0.25) is 0 Å². The zero-order valence-corrected chi connectivity index (χ0v) is 33.2. The molecule has 0 atom stereocenters. The molecule has 5 N–H and O–H groups in total. The molecule has 9 rings (SSSR count). The second-order valence-corrected chi connectivity index (χ2v) is 14.7. The topological polar surface area (TPSA) is 117 Å². The molecule has 0 aliphatic rings. The molecule has 302 valence electrons.